The molecule has 0 amide bonds. The van der Waals surface area contributed by atoms with Gasteiger partial charge in [-0.25, -0.2) is 4.98 Å². The van der Waals surface area contributed by atoms with E-state index in [2.05, 4.69) is 60.5 Å². The molecule has 1 aromatic heterocycles. The Labute approximate surface area is 127 Å². The molecule has 0 aliphatic carbocycles. The molecule has 3 heteroatoms. The van der Waals surface area contributed by atoms with Gasteiger partial charge in [-0.2, -0.15) is 0 Å². The highest BCUT2D eigenvalue weighted by Gasteiger charge is 2.20. The second kappa shape index (κ2) is 6.44. The van der Waals surface area contributed by atoms with Gasteiger partial charge in [0, 0.05) is 24.5 Å². The lowest BCUT2D eigenvalue weighted by Gasteiger charge is -2.33. The van der Waals surface area contributed by atoms with Crippen LogP contribution in [0.1, 0.15) is 26.7 Å². The first-order valence-corrected chi connectivity index (χ1v) is 8.06. The molecule has 0 atom stereocenters. The molecule has 0 saturated carbocycles. The number of rotatable bonds is 4. The fourth-order valence-corrected chi connectivity index (χ4v) is 3.00. The van der Waals surface area contributed by atoms with E-state index in [1.165, 1.54) is 18.2 Å². The second-order valence-electron chi connectivity index (χ2n) is 6.36. The Morgan fingerprint density at radius 3 is 2.67 bits per heavy atom. The van der Waals surface area contributed by atoms with Crippen molar-refractivity contribution in [2.24, 2.45) is 5.92 Å². The van der Waals surface area contributed by atoms with E-state index < -0.39 is 0 Å². The Bertz CT molecular complexity index is 586. The number of nitrogens with zero attached hydrogens (tertiary/aromatic N) is 2. The smallest absolute Gasteiger partial charge is 0.129 e. The van der Waals surface area contributed by atoms with Crippen LogP contribution in [-0.2, 0) is 0 Å². The maximum absolute atomic E-state index is 4.81. The van der Waals surface area contributed by atoms with Crippen LogP contribution in [0.2, 0.25) is 0 Å². The lowest BCUT2D eigenvalue weighted by atomic mass is 9.96. The molecule has 21 heavy (non-hydrogen) atoms. The van der Waals surface area contributed by atoms with Gasteiger partial charge in [-0.15, -0.1) is 0 Å². The van der Waals surface area contributed by atoms with E-state index in [0.29, 0.717) is 6.04 Å². The molecule has 0 radical (unpaired) electrons. The van der Waals surface area contributed by atoms with Crippen molar-refractivity contribution in [3.05, 3.63) is 36.4 Å². The number of nitrogens with one attached hydrogen (secondary N) is 1. The number of pyridine rings is 1. The van der Waals surface area contributed by atoms with Crippen molar-refractivity contribution in [3.63, 3.8) is 0 Å². The summed E-state index contributed by atoms with van der Waals surface area (Å²) in [4.78, 5) is 7.24. The Balaban J connectivity index is 1.62. The zero-order valence-corrected chi connectivity index (χ0v) is 13.0. The van der Waals surface area contributed by atoms with E-state index in [9.17, 15) is 0 Å². The van der Waals surface area contributed by atoms with Gasteiger partial charge in [0.15, 0.2) is 0 Å². The number of hydrogen-bond donors (Lipinski definition) is 1. The zero-order valence-electron chi connectivity index (χ0n) is 13.0. The van der Waals surface area contributed by atoms with Gasteiger partial charge in [0.05, 0.1) is 5.52 Å². The van der Waals surface area contributed by atoms with Gasteiger partial charge in [0.1, 0.15) is 5.82 Å². The normalized spacial score (nSPS) is 16.8. The van der Waals surface area contributed by atoms with Crippen molar-refractivity contribution in [3.8, 4) is 0 Å². The van der Waals surface area contributed by atoms with E-state index in [4.69, 9.17) is 4.98 Å². The van der Waals surface area contributed by atoms with E-state index in [1.54, 1.807) is 0 Å². The third kappa shape index (κ3) is 3.53. The lowest BCUT2D eigenvalue weighted by Crippen LogP contribution is -2.39. The molecular formula is C18H25N3. The first kappa shape index (κ1) is 14.3. The SMILES string of the molecule is CC(C)NCC1CCN(c2ccc3ccccc3n2)CC1. The predicted molar refractivity (Wildman–Crippen MR) is 89.8 cm³/mol. The van der Waals surface area contributed by atoms with Gasteiger partial charge >= 0.3 is 0 Å². The number of para-hydroxylation sites is 1. The van der Waals surface area contributed by atoms with Crippen LogP contribution in [0.15, 0.2) is 36.4 Å². The van der Waals surface area contributed by atoms with Gasteiger partial charge in [-0.3, -0.25) is 0 Å². The van der Waals surface area contributed by atoms with E-state index in [0.717, 1.165) is 36.9 Å². The largest absolute Gasteiger partial charge is 0.357 e. The van der Waals surface area contributed by atoms with Crippen LogP contribution < -0.4 is 10.2 Å². The maximum Gasteiger partial charge on any atom is 0.129 e. The average Bonchev–Trinajstić information content (AvgIpc) is 2.53. The highest BCUT2D eigenvalue weighted by molar-refractivity contribution is 5.80. The molecule has 1 saturated heterocycles. The fourth-order valence-electron chi connectivity index (χ4n) is 3.00. The van der Waals surface area contributed by atoms with Crippen molar-refractivity contribution in [1.82, 2.24) is 10.3 Å². The lowest BCUT2D eigenvalue weighted by molar-refractivity contribution is 0.370. The van der Waals surface area contributed by atoms with Crippen LogP contribution in [-0.4, -0.2) is 30.7 Å². The second-order valence-corrected chi connectivity index (χ2v) is 6.36. The molecule has 1 aliphatic heterocycles. The highest BCUT2D eigenvalue weighted by Crippen LogP contribution is 2.23. The van der Waals surface area contributed by atoms with Crippen molar-refractivity contribution in [2.75, 3.05) is 24.5 Å². The third-order valence-electron chi connectivity index (χ3n) is 4.34. The summed E-state index contributed by atoms with van der Waals surface area (Å²) in [7, 11) is 0. The summed E-state index contributed by atoms with van der Waals surface area (Å²) in [6.07, 6.45) is 2.52. The molecule has 3 nitrogen and oxygen atoms in total. The minimum Gasteiger partial charge on any atom is -0.357 e. The van der Waals surface area contributed by atoms with Gasteiger partial charge in [0.25, 0.3) is 0 Å². The van der Waals surface area contributed by atoms with Crippen molar-refractivity contribution in [2.45, 2.75) is 32.7 Å². The third-order valence-corrected chi connectivity index (χ3v) is 4.34. The number of aromatic nitrogens is 1. The van der Waals surface area contributed by atoms with E-state index in [-0.39, 0.29) is 0 Å². The fraction of sp³-hybridized carbons (Fsp3) is 0.500. The van der Waals surface area contributed by atoms with Crippen molar-refractivity contribution >= 4 is 16.7 Å². The Morgan fingerprint density at radius 2 is 1.90 bits per heavy atom. The van der Waals surface area contributed by atoms with E-state index >= 15 is 0 Å². The Morgan fingerprint density at radius 1 is 1.14 bits per heavy atom. The Hall–Kier alpha value is -1.61. The molecule has 1 aliphatic rings. The van der Waals surface area contributed by atoms with Gasteiger partial charge < -0.3 is 10.2 Å². The quantitative estimate of drug-likeness (QED) is 0.931. The summed E-state index contributed by atoms with van der Waals surface area (Å²) in [6, 6.07) is 13.3. The molecule has 1 N–H and O–H groups in total. The molecule has 0 spiro atoms. The minimum atomic E-state index is 0.588. The van der Waals surface area contributed by atoms with Crippen molar-refractivity contribution < 1.29 is 0 Å². The Kier molecular flexibility index (Phi) is 4.39. The topological polar surface area (TPSA) is 28.2 Å². The van der Waals surface area contributed by atoms with Crippen LogP contribution in [0, 0.1) is 5.92 Å². The summed E-state index contributed by atoms with van der Waals surface area (Å²) in [5, 5.41) is 4.78. The minimum absolute atomic E-state index is 0.588. The number of benzene rings is 1. The van der Waals surface area contributed by atoms with Crippen LogP contribution in [0.3, 0.4) is 0 Å². The number of anilines is 1. The molecule has 2 heterocycles. The van der Waals surface area contributed by atoms with Crippen molar-refractivity contribution in [1.29, 1.82) is 0 Å². The summed E-state index contributed by atoms with van der Waals surface area (Å²) in [5.74, 6) is 1.94. The summed E-state index contributed by atoms with van der Waals surface area (Å²) < 4.78 is 0. The van der Waals surface area contributed by atoms with Gasteiger partial charge in [0.2, 0.25) is 0 Å². The number of hydrogen-bond acceptors (Lipinski definition) is 3. The first-order valence-electron chi connectivity index (χ1n) is 8.06. The molecule has 1 fully saturated rings. The monoisotopic (exact) mass is 283 g/mol. The van der Waals surface area contributed by atoms with Crippen LogP contribution in [0.5, 0.6) is 0 Å². The van der Waals surface area contributed by atoms with E-state index in [1.807, 2.05) is 0 Å². The molecule has 0 bridgehead atoms. The molecule has 2 aromatic rings. The molecule has 1 aromatic carbocycles. The first-order chi connectivity index (χ1) is 10.2. The van der Waals surface area contributed by atoms with Crippen LogP contribution in [0.4, 0.5) is 5.82 Å². The standard InChI is InChI=1S/C18H25N3/c1-14(2)19-13-15-9-11-21(12-10-15)18-8-7-16-5-3-4-6-17(16)20-18/h3-8,14-15,19H,9-13H2,1-2H3. The predicted octanol–water partition coefficient (Wildman–Crippen LogP) is 3.45. The molecule has 112 valence electrons. The van der Waals surface area contributed by atoms with Crippen LogP contribution >= 0.6 is 0 Å². The van der Waals surface area contributed by atoms with Crippen LogP contribution in [0.25, 0.3) is 10.9 Å². The average molecular weight is 283 g/mol. The molecular weight excluding hydrogens is 258 g/mol. The zero-order chi connectivity index (χ0) is 14.7. The number of piperidine rings is 1. The highest BCUT2D eigenvalue weighted by atomic mass is 15.2. The maximum atomic E-state index is 4.81. The number of fused-ring (bicyclic) bond motifs is 1. The molecule has 0 unspecified atom stereocenters. The summed E-state index contributed by atoms with van der Waals surface area (Å²) in [6.45, 7) is 7.82. The van der Waals surface area contributed by atoms with Gasteiger partial charge in [-0.1, -0.05) is 32.0 Å². The summed E-state index contributed by atoms with van der Waals surface area (Å²) in [5.41, 5.74) is 1.10. The summed E-state index contributed by atoms with van der Waals surface area (Å²) >= 11 is 0. The molecule has 3 rings (SSSR count). The van der Waals surface area contributed by atoms with Gasteiger partial charge in [-0.05, 0) is 43.5 Å².